The largest absolute Gasteiger partial charge is 0.494 e. The van der Waals surface area contributed by atoms with Gasteiger partial charge in [0.15, 0.2) is 6.10 Å². The first-order chi connectivity index (χ1) is 13.5. The van der Waals surface area contributed by atoms with Crippen LogP contribution in [0.1, 0.15) is 18.4 Å². The van der Waals surface area contributed by atoms with Crippen molar-refractivity contribution in [3.05, 3.63) is 77.5 Å². The molecule has 2 aliphatic heterocycles. The third kappa shape index (κ3) is 4.17. The van der Waals surface area contributed by atoms with E-state index in [1.165, 1.54) is 0 Å². The van der Waals surface area contributed by atoms with Gasteiger partial charge in [-0.05, 0) is 42.7 Å². The number of carbonyl (C=O) groups excluding carboxylic acids is 2. The lowest BCUT2D eigenvalue weighted by atomic mass is 9.95. The zero-order chi connectivity index (χ0) is 20.1. The molecular formula is C22H24N2O4. The molecule has 0 fully saturated rings. The summed E-state index contributed by atoms with van der Waals surface area (Å²) in [6.45, 7) is 0.295. The maximum Gasteiger partial charge on any atom is 0.293 e. The molecule has 0 saturated carbocycles. The van der Waals surface area contributed by atoms with E-state index in [2.05, 4.69) is 0 Å². The molecule has 0 aliphatic carbocycles. The Morgan fingerprint density at radius 2 is 2.04 bits per heavy atom. The topological polar surface area (TPSA) is 70.1 Å². The van der Waals surface area contributed by atoms with Crippen LogP contribution < -0.4 is 4.90 Å². The Hall–Kier alpha value is -3.28. The van der Waals surface area contributed by atoms with E-state index < -0.39 is 6.10 Å². The number of benzene rings is 1. The van der Waals surface area contributed by atoms with Crippen LogP contribution in [0.15, 0.2) is 71.9 Å². The second kappa shape index (κ2) is 8.61. The molecule has 6 nitrogen and oxygen atoms in total. The Kier molecular flexibility index (Phi) is 5.99. The van der Waals surface area contributed by atoms with E-state index in [1.807, 2.05) is 61.5 Å². The number of fused-ring (bicyclic) bond motifs is 1. The molecule has 0 aromatic heterocycles. The molecular weight excluding hydrogens is 356 g/mol. The smallest absolute Gasteiger partial charge is 0.293 e. The van der Waals surface area contributed by atoms with E-state index in [0.717, 1.165) is 16.9 Å². The number of ether oxygens (including phenoxy) is 1. The lowest BCUT2D eigenvalue weighted by Gasteiger charge is -2.29. The molecule has 2 heterocycles. The first-order valence-electron chi connectivity index (χ1n) is 9.17. The van der Waals surface area contributed by atoms with E-state index in [0.29, 0.717) is 25.7 Å². The Morgan fingerprint density at radius 1 is 1.29 bits per heavy atom. The molecule has 1 aromatic carbocycles. The highest BCUT2D eigenvalue weighted by atomic mass is 16.5. The fourth-order valence-corrected chi connectivity index (χ4v) is 3.25. The van der Waals surface area contributed by atoms with Crippen LogP contribution in [-0.2, 0) is 20.7 Å². The summed E-state index contributed by atoms with van der Waals surface area (Å²) in [7, 11) is 3.94. The minimum atomic E-state index is -0.928. The Balaban J connectivity index is 1.71. The van der Waals surface area contributed by atoms with Crippen LogP contribution in [0.4, 0.5) is 5.69 Å². The van der Waals surface area contributed by atoms with E-state index in [1.54, 1.807) is 17.2 Å². The maximum absolute atomic E-state index is 12.9. The average molecular weight is 380 g/mol. The van der Waals surface area contributed by atoms with Gasteiger partial charge >= 0.3 is 0 Å². The van der Waals surface area contributed by atoms with Crippen molar-refractivity contribution in [3.63, 3.8) is 0 Å². The minimum Gasteiger partial charge on any atom is -0.494 e. The van der Waals surface area contributed by atoms with Crippen molar-refractivity contribution in [1.82, 2.24) is 4.90 Å². The maximum atomic E-state index is 12.9. The first kappa shape index (κ1) is 19.5. The standard InChI is InChI=1S/C22H24N2O4/c1-23(2)17-9-6-16(7-10-17)8-13-20(28-15-25)21(26)19-12-11-18-5-3-4-14-24(18)22(19)27/h3-7,9-11,14-15,20,27H,8,12-13H2,1-2H3. The van der Waals surface area contributed by atoms with Gasteiger partial charge in [0.25, 0.3) is 6.47 Å². The first-order valence-corrected chi connectivity index (χ1v) is 9.17. The third-order valence-electron chi connectivity index (χ3n) is 4.86. The molecule has 3 rings (SSSR count). The molecule has 2 aliphatic rings. The van der Waals surface area contributed by atoms with Gasteiger partial charge in [-0.25, -0.2) is 0 Å². The number of hydrogen-bond acceptors (Lipinski definition) is 6. The molecule has 146 valence electrons. The Bertz CT molecular complexity index is 863. The number of allylic oxidation sites excluding steroid dienone is 4. The SMILES string of the molecule is CN(C)c1ccc(CCC(OC=O)C(=O)C2=C(O)N3C=CC=CC3=CC2)cc1. The number of aliphatic hydroxyl groups is 1. The molecule has 0 spiro atoms. The molecule has 1 atom stereocenters. The summed E-state index contributed by atoms with van der Waals surface area (Å²) in [6, 6.07) is 8.00. The number of hydrogen-bond donors (Lipinski definition) is 1. The van der Waals surface area contributed by atoms with Crippen molar-refractivity contribution < 1.29 is 19.4 Å². The van der Waals surface area contributed by atoms with Gasteiger partial charge < -0.3 is 14.7 Å². The summed E-state index contributed by atoms with van der Waals surface area (Å²) < 4.78 is 5.07. The number of aryl methyl sites for hydroxylation is 1. The van der Waals surface area contributed by atoms with Gasteiger partial charge in [0.2, 0.25) is 11.7 Å². The average Bonchev–Trinajstić information content (AvgIpc) is 2.71. The summed E-state index contributed by atoms with van der Waals surface area (Å²) >= 11 is 0. The van der Waals surface area contributed by atoms with E-state index in [4.69, 9.17) is 4.74 Å². The molecule has 28 heavy (non-hydrogen) atoms. The fourth-order valence-electron chi connectivity index (χ4n) is 3.25. The van der Waals surface area contributed by atoms with Crippen molar-refractivity contribution in [2.24, 2.45) is 0 Å². The summed E-state index contributed by atoms with van der Waals surface area (Å²) in [5.41, 5.74) is 3.19. The normalized spacial score (nSPS) is 16.4. The van der Waals surface area contributed by atoms with E-state index in [-0.39, 0.29) is 17.2 Å². The van der Waals surface area contributed by atoms with Crippen molar-refractivity contribution in [2.45, 2.75) is 25.4 Å². The van der Waals surface area contributed by atoms with Gasteiger partial charge in [0.05, 0.1) is 5.57 Å². The monoisotopic (exact) mass is 380 g/mol. The molecule has 1 N–H and O–H groups in total. The van der Waals surface area contributed by atoms with Crippen LogP contribution in [0, 0.1) is 0 Å². The van der Waals surface area contributed by atoms with Crippen molar-refractivity contribution in [2.75, 3.05) is 19.0 Å². The third-order valence-corrected chi connectivity index (χ3v) is 4.86. The quantitative estimate of drug-likeness (QED) is 0.698. The second-order valence-corrected chi connectivity index (χ2v) is 6.89. The predicted molar refractivity (Wildman–Crippen MR) is 108 cm³/mol. The fraction of sp³-hybridized carbons (Fsp3) is 0.273. The number of aliphatic hydroxyl groups excluding tert-OH is 1. The molecule has 6 heteroatoms. The molecule has 0 radical (unpaired) electrons. The Labute approximate surface area is 164 Å². The van der Waals surface area contributed by atoms with Gasteiger partial charge in [-0.3, -0.25) is 14.5 Å². The van der Waals surface area contributed by atoms with Gasteiger partial charge in [-0.1, -0.05) is 24.3 Å². The van der Waals surface area contributed by atoms with Gasteiger partial charge in [0, 0.05) is 38.1 Å². The van der Waals surface area contributed by atoms with Crippen molar-refractivity contribution in [3.8, 4) is 0 Å². The lowest BCUT2D eigenvalue weighted by molar-refractivity contribution is -0.142. The second-order valence-electron chi connectivity index (χ2n) is 6.89. The van der Waals surface area contributed by atoms with Crippen LogP contribution in [0.2, 0.25) is 0 Å². The number of ketones is 1. The lowest BCUT2D eigenvalue weighted by Crippen LogP contribution is -2.31. The van der Waals surface area contributed by atoms with Crippen molar-refractivity contribution >= 4 is 17.9 Å². The van der Waals surface area contributed by atoms with Crippen LogP contribution in [0.5, 0.6) is 0 Å². The zero-order valence-electron chi connectivity index (χ0n) is 16.0. The van der Waals surface area contributed by atoms with Gasteiger partial charge in [-0.15, -0.1) is 0 Å². The Morgan fingerprint density at radius 3 is 2.71 bits per heavy atom. The minimum absolute atomic E-state index is 0.113. The van der Waals surface area contributed by atoms with Crippen LogP contribution in [0.3, 0.4) is 0 Å². The van der Waals surface area contributed by atoms with E-state index in [9.17, 15) is 14.7 Å². The molecule has 1 aromatic rings. The van der Waals surface area contributed by atoms with Gasteiger partial charge in [-0.2, -0.15) is 0 Å². The van der Waals surface area contributed by atoms with Crippen LogP contribution >= 0.6 is 0 Å². The number of Topliss-reactive ketones (excluding diaryl/α,β-unsaturated/α-hetero) is 1. The highest BCUT2D eigenvalue weighted by Crippen LogP contribution is 2.29. The summed E-state index contributed by atoms with van der Waals surface area (Å²) in [6.07, 6.45) is 9.35. The highest BCUT2D eigenvalue weighted by Gasteiger charge is 2.30. The number of anilines is 1. The van der Waals surface area contributed by atoms with Crippen molar-refractivity contribution in [1.29, 1.82) is 0 Å². The van der Waals surface area contributed by atoms with Crippen LogP contribution in [0.25, 0.3) is 0 Å². The number of carbonyl (C=O) groups is 2. The molecule has 1 unspecified atom stereocenters. The van der Waals surface area contributed by atoms with Crippen LogP contribution in [-0.4, -0.2) is 42.5 Å². The van der Waals surface area contributed by atoms with E-state index >= 15 is 0 Å². The number of rotatable bonds is 8. The summed E-state index contributed by atoms with van der Waals surface area (Å²) in [5.74, 6) is -0.481. The molecule has 0 saturated heterocycles. The summed E-state index contributed by atoms with van der Waals surface area (Å²) in [4.78, 5) is 27.4. The van der Waals surface area contributed by atoms with Gasteiger partial charge in [0.1, 0.15) is 0 Å². The number of nitrogens with zero attached hydrogens (tertiary/aromatic N) is 2. The highest BCUT2D eigenvalue weighted by molar-refractivity contribution is 6.00. The summed E-state index contributed by atoms with van der Waals surface area (Å²) in [5, 5.41) is 10.5. The molecule has 0 bridgehead atoms. The predicted octanol–water partition coefficient (Wildman–Crippen LogP) is 3.24. The molecule has 0 amide bonds. The zero-order valence-corrected chi connectivity index (χ0v) is 16.0.